The molecule has 1 saturated carbocycles. The standard InChI is InChI=1S/C26H26F3N5O3/c27-26(28,29)19(9-10-30)7-8-20(35)16-3-5-17(6-4-16)22-23-24(31)32-11-12-34(23)25(33-22)18-2-1-15(13-18)14-21(36)37/h3-9,11-12,15,18H,1-2,10,13-14,30H2,(H2,31,32)(H,36,37)/b8-7?,19-9+/t15-,18-/m0/s1. The number of carbonyl (C=O) groups is 2. The fourth-order valence-electron chi connectivity index (χ4n) is 4.78. The maximum Gasteiger partial charge on any atom is 0.416 e. The van der Waals surface area contributed by atoms with E-state index in [0.717, 1.165) is 30.8 Å². The number of anilines is 1. The van der Waals surface area contributed by atoms with Crippen molar-refractivity contribution in [3.05, 3.63) is 71.8 Å². The number of nitrogens with zero attached hydrogens (tertiary/aromatic N) is 3. The van der Waals surface area contributed by atoms with Crippen molar-refractivity contribution in [1.29, 1.82) is 0 Å². The van der Waals surface area contributed by atoms with Gasteiger partial charge in [0, 0.05) is 42.4 Å². The second-order valence-corrected chi connectivity index (χ2v) is 8.99. The van der Waals surface area contributed by atoms with Crippen molar-refractivity contribution in [2.75, 3.05) is 12.3 Å². The molecule has 0 spiro atoms. The van der Waals surface area contributed by atoms with Crippen LogP contribution in [0.4, 0.5) is 19.0 Å². The molecular formula is C26H26F3N5O3. The third-order valence-corrected chi connectivity index (χ3v) is 6.50. The maximum absolute atomic E-state index is 13.0. The number of allylic oxidation sites excluding steroid dienone is 3. The number of rotatable bonds is 8. The molecule has 0 amide bonds. The molecule has 2 aromatic heterocycles. The van der Waals surface area contributed by atoms with Gasteiger partial charge in [-0.2, -0.15) is 13.2 Å². The molecule has 1 aliphatic carbocycles. The van der Waals surface area contributed by atoms with Crippen LogP contribution in [0.15, 0.2) is 60.5 Å². The van der Waals surface area contributed by atoms with Crippen LogP contribution in [0.25, 0.3) is 16.8 Å². The molecule has 0 aliphatic heterocycles. The number of carboxylic acid groups (broad SMARTS) is 1. The summed E-state index contributed by atoms with van der Waals surface area (Å²) in [5, 5.41) is 9.14. The molecule has 5 N–H and O–H groups in total. The Morgan fingerprint density at radius 3 is 2.54 bits per heavy atom. The zero-order valence-corrected chi connectivity index (χ0v) is 19.8. The summed E-state index contributed by atoms with van der Waals surface area (Å²) < 4.78 is 40.9. The van der Waals surface area contributed by atoms with Gasteiger partial charge >= 0.3 is 12.1 Å². The average Bonchev–Trinajstić information content (AvgIpc) is 3.46. The highest BCUT2D eigenvalue weighted by Crippen LogP contribution is 2.41. The van der Waals surface area contributed by atoms with Crippen LogP contribution in [0, 0.1) is 5.92 Å². The molecule has 8 nitrogen and oxygen atoms in total. The van der Waals surface area contributed by atoms with E-state index < -0.39 is 23.5 Å². The topological polar surface area (TPSA) is 137 Å². The molecule has 37 heavy (non-hydrogen) atoms. The Morgan fingerprint density at radius 2 is 1.89 bits per heavy atom. The van der Waals surface area contributed by atoms with Gasteiger partial charge in [-0.05, 0) is 37.3 Å². The highest BCUT2D eigenvalue weighted by molar-refractivity contribution is 6.05. The lowest BCUT2D eigenvalue weighted by Crippen LogP contribution is -2.12. The van der Waals surface area contributed by atoms with Gasteiger partial charge in [-0.1, -0.05) is 30.3 Å². The number of ketones is 1. The van der Waals surface area contributed by atoms with Gasteiger partial charge in [0.1, 0.15) is 22.9 Å². The molecule has 11 heteroatoms. The van der Waals surface area contributed by atoms with E-state index in [0.29, 0.717) is 29.3 Å². The summed E-state index contributed by atoms with van der Waals surface area (Å²) in [6.07, 6.45) is 3.52. The second-order valence-electron chi connectivity index (χ2n) is 8.99. The first-order chi connectivity index (χ1) is 17.6. The molecule has 2 heterocycles. The summed E-state index contributed by atoms with van der Waals surface area (Å²) in [5.74, 6) is -0.239. The number of hydrogen-bond donors (Lipinski definition) is 3. The molecule has 0 radical (unpaired) electrons. The van der Waals surface area contributed by atoms with E-state index in [-0.39, 0.29) is 36.2 Å². The SMILES string of the molecule is NC/C=C(\C=CC(=O)c1ccc(-c2nc([C@H]3CC[C@H](CC(=O)O)C3)n3ccnc(N)c23)cc1)C(F)(F)F. The highest BCUT2D eigenvalue weighted by Gasteiger charge is 2.32. The minimum absolute atomic E-state index is 0.0581. The third kappa shape index (κ3) is 5.72. The number of fused-ring (bicyclic) bond motifs is 1. The predicted octanol–water partition coefficient (Wildman–Crippen LogP) is 4.52. The van der Waals surface area contributed by atoms with Crippen molar-refractivity contribution in [3.63, 3.8) is 0 Å². The van der Waals surface area contributed by atoms with E-state index in [1.165, 1.54) is 12.1 Å². The van der Waals surface area contributed by atoms with Crippen LogP contribution in [0.3, 0.4) is 0 Å². The summed E-state index contributed by atoms with van der Waals surface area (Å²) in [7, 11) is 0. The minimum atomic E-state index is -4.61. The van der Waals surface area contributed by atoms with Gasteiger partial charge in [-0.15, -0.1) is 0 Å². The lowest BCUT2D eigenvalue weighted by Gasteiger charge is -2.09. The second kappa shape index (κ2) is 10.6. The first-order valence-electron chi connectivity index (χ1n) is 11.7. The van der Waals surface area contributed by atoms with Crippen LogP contribution in [-0.4, -0.2) is 43.9 Å². The number of halogens is 3. The van der Waals surface area contributed by atoms with Crippen LogP contribution in [0.1, 0.15) is 47.8 Å². The first kappa shape index (κ1) is 26.1. The van der Waals surface area contributed by atoms with Gasteiger partial charge in [0.15, 0.2) is 5.78 Å². The fraction of sp³-hybridized carbons (Fsp3) is 0.308. The fourth-order valence-corrected chi connectivity index (χ4v) is 4.78. The Hall–Kier alpha value is -3.99. The predicted molar refractivity (Wildman–Crippen MR) is 132 cm³/mol. The van der Waals surface area contributed by atoms with Gasteiger partial charge in [0.2, 0.25) is 0 Å². The molecule has 0 bridgehead atoms. The van der Waals surface area contributed by atoms with Gasteiger partial charge in [-0.25, -0.2) is 9.97 Å². The summed E-state index contributed by atoms with van der Waals surface area (Å²) in [4.78, 5) is 32.6. The monoisotopic (exact) mass is 513 g/mol. The number of aliphatic carboxylic acids is 1. The molecule has 1 aromatic carbocycles. The summed E-state index contributed by atoms with van der Waals surface area (Å²) >= 11 is 0. The lowest BCUT2D eigenvalue weighted by molar-refractivity contribution is -0.138. The van der Waals surface area contributed by atoms with Crippen molar-refractivity contribution in [1.82, 2.24) is 14.4 Å². The van der Waals surface area contributed by atoms with E-state index in [4.69, 9.17) is 21.6 Å². The van der Waals surface area contributed by atoms with Crippen LogP contribution in [0.2, 0.25) is 0 Å². The molecule has 3 aromatic rings. The normalized spacial score (nSPS) is 18.6. The number of carboxylic acids is 1. The Morgan fingerprint density at radius 1 is 1.16 bits per heavy atom. The number of benzene rings is 1. The molecule has 194 valence electrons. The number of carbonyl (C=O) groups excluding carboxylic acids is 1. The van der Waals surface area contributed by atoms with E-state index in [1.54, 1.807) is 24.5 Å². The average molecular weight is 514 g/mol. The van der Waals surface area contributed by atoms with Gasteiger partial charge < -0.3 is 16.6 Å². The van der Waals surface area contributed by atoms with Crippen molar-refractivity contribution in [2.45, 2.75) is 37.8 Å². The highest BCUT2D eigenvalue weighted by atomic mass is 19.4. The number of nitrogens with two attached hydrogens (primary N) is 2. The number of imidazole rings is 1. The molecule has 0 unspecified atom stereocenters. The maximum atomic E-state index is 13.0. The molecule has 1 aliphatic rings. The van der Waals surface area contributed by atoms with Gasteiger partial charge in [0.05, 0.1) is 5.57 Å². The van der Waals surface area contributed by atoms with E-state index >= 15 is 0 Å². The number of hydrogen-bond acceptors (Lipinski definition) is 6. The Bertz CT molecular complexity index is 1380. The lowest BCUT2D eigenvalue weighted by atomic mass is 10.0. The number of alkyl halides is 3. The van der Waals surface area contributed by atoms with Gasteiger partial charge in [0.25, 0.3) is 0 Å². The van der Waals surface area contributed by atoms with Crippen LogP contribution in [0.5, 0.6) is 0 Å². The first-order valence-corrected chi connectivity index (χ1v) is 11.7. The molecule has 1 fully saturated rings. The van der Waals surface area contributed by atoms with Crippen LogP contribution in [-0.2, 0) is 4.79 Å². The zero-order valence-electron chi connectivity index (χ0n) is 19.8. The molecule has 2 atom stereocenters. The molecule has 4 rings (SSSR count). The van der Waals surface area contributed by atoms with Gasteiger partial charge in [-0.3, -0.25) is 14.0 Å². The zero-order chi connectivity index (χ0) is 26.7. The Balaban J connectivity index is 1.62. The Kier molecular flexibility index (Phi) is 7.44. The van der Waals surface area contributed by atoms with Crippen LogP contribution >= 0.6 is 0 Å². The number of aromatic nitrogens is 3. The van der Waals surface area contributed by atoms with Crippen LogP contribution < -0.4 is 11.5 Å². The summed E-state index contributed by atoms with van der Waals surface area (Å²) in [6, 6.07) is 6.33. The quantitative estimate of drug-likeness (QED) is 0.229. The Labute approximate surface area is 210 Å². The van der Waals surface area contributed by atoms with E-state index in [9.17, 15) is 22.8 Å². The molecular weight excluding hydrogens is 487 g/mol. The smallest absolute Gasteiger partial charge is 0.416 e. The third-order valence-electron chi connectivity index (χ3n) is 6.50. The minimum Gasteiger partial charge on any atom is -0.481 e. The largest absolute Gasteiger partial charge is 0.481 e. The summed E-state index contributed by atoms with van der Waals surface area (Å²) in [6.45, 7) is -0.304. The van der Waals surface area contributed by atoms with Crippen molar-refractivity contribution >= 4 is 23.1 Å². The summed E-state index contributed by atoms with van der Waals surface area (Å²) in [5.41, 5.74) is 12.4. The van der Waals surface area contributed by atoms with Crippen molar-refractivity contribution in [2.24, 2.45) is 11.7 Å². The van der Waals surface area contributed by atoms with E-state index in [2.05, 4.69) is 4.98 Å². The van der Waals surface area contributed by atoms with Crippen molar-refractivity contribution < 1.29 is 27.9 Å². The number of nitrogen functional groups attached to an aromatic ring is 1. The van der Waals surface area contributed by atoms with Crippen molar-refractivity contribution in [3.8, 4) is 11.3 Å². The van der Waals surface area contributed by atoms with E-state index in [1.807, 2.05) is 4.40 Å². The molecule has 0 saturated heterocycles.